The third-order valence-corrected chi connectivity index (χ3v) is 5.34. The summed E-state index contributed by atoms with van der Waals surface area (Å²) in [6.45, 7) is 2.21. The molecule has 1 aliphatic rings. The number of benzene rings is 2. The Labute approximate surface area is 163 Å². The van der Waals surface area contributed by atoms with E-state index in [0.717, 1.165) is 24.0 Å². The Hall–Kier alpha value is -3.27. The molecule has 0 saturated heterocycles. The van der Waals surface area contributed by atoms with Gasteiger partial charge < -0.3 is 0 Å². The summed E-state index contributed by atoms with van der Waals surface area (Å²) in [5.74, 6) is 0.858. The molecule has 0 spiro atoms. The first-order valence-electron chi connectivity index (χ1n) is 9.41. The summed E-state index contributed by atoms with van der Waals surface area (Å²) in [7, 11) is 0. The molecule has 7 heteroatoms. The van der Waals surface area contributed by atoms with Crippen LogP contribution in [0.3, 0.4) is 0 Å². The molecule has 2 aromatic rings. The van der Waals surface area contributed by atoms with Crippen molar-refractivity contribution in [2.45, 2.75) is 32.6 Å². The summed E-state index contributed by atoms with van der Waals surface area (Å²) < 4.78 is 0. The van der Waals surface area contributed by atoms with Gasteiger partial charge in [-0.2, -0.15) is 0 Å². The van der Waals surface area contributed by atoms with Gasteiger partial charge in [0.1, 0.15) is 5.78 Å². The molecular formula is C21H22N6O. The molecule has 0 aromatic heterocycles. The summed E-state index contributed by atoms with van der Waals surface area (Å²) in [5.41, 5.74) is 20.3. The molecule has 2 unspecified atom stereocenters. The number of rotatable bonds is 6. The summed E-state index contributed by atoms with van der Waals surface area (Å²) in [6.07, 6.45) is 3.24. The Morgan fingerprint density at radius 2 is 1.21 bits per heavy atom. The first kappa shape index (κ1) is 19.5. The lowest BCUT2D eigenvalue weighted by Gasteiger charge is -2.32. The van der Waals surface area contributed by atoms with Crippen LogP contribution in [0.2, 0.25) is 0 Å². The van der Waals surface area contributed by atoms with Gasteiger partial charge >= 0.3 is 0 Å². The van der Waals surface area contributed by atoms with Gasteiger partial charge in [0.2, 0.25) is 0 Å². The molecule has 3 rings (SSSR count). The van der Waals surface area contributed by atoms with Gasteiger partial charge in [-0.05, 0) is 53.8 Å². The fourth-order valence-corrected chi connectivity index (χ4v) is 4.07. The van der Waals surface area contributed by atoms with E-state index < -0.39 is 0 Å². The maximum Gasteiger partial charge on any atom is 0.139 e. The third kappa shape index (κ3) is 4.92. The predicted octanol–water partition coefficient (Wildman–Crippen LogP) is 6.59. The zero-order valence-electron chi connectivity index (χ0n) is 15.8. The molecule has 2 aromatic carbocycles. The Bertz CT molecular complexity index is 849. The van der Waals surface area contributed by atoms with Crippen molar-refractivity contribution in [2.24, 2.45) is 28.0 Å². The zero-order valence-corrected chi connectivity index (χ0v) is 15.8. The minimum atomic E-state index is 0.0153. The van der Waals surface area contributed by atoms with Crippen molar-refractivity contribution in [3.63, 3.8) is 0 Å². The minimum absolute atomic E-state index is 0.0153. The Balaban J connectivity index is 1.69. The van der Waals surface area contributed by atoms with E-state index in [1.165, 1.54) is 0 Å². The quantitative estimate of drug-likeness (QED) is 0.317. The minimum Gasteiger partial charge on any atom is -0.299 e. The van der Waals surface area contributed by atoms with Crippen molar-refractivity contribution in [3.05, 3.63) is 80.5 Å². The van der Waals surface area contributed by atoms with Gasteiger partial charge in [0.15, 0.2) is 0 Å². The molecular weight excluding hydrogens is 352 g/mol. The van der Waals surface area contributed by atoms with Gasteiger partial charge in [0, 0.05) is 33.0 Å². The van der Waals surface area contributed by atoms with E-state index in [2.05, 4.69) is 27.0 Å². The van der Waals surface area contributed by atoms with Gasteiger partial charge in [-0.1, -0.05) is 65.7 Å². The van der Waals surface area contributed by atoms with Crippen molar-refractivity contribution in [2.75, 3.05) is 0 Å². The van der Waals surface area contributed by atoms with Gasteiger partial charge in [0.05, 0.1) is 0 Å². The highest BCUT2D eigenvalue weighted by Crippen LogP contribution is 2.34. The smallest absolute Gasteiger partial charge is 0.139 e. The molecule has 0 bridgehead atoms. The summed E-state index contributed by atoms with van der Waals surface area (Å²) in [5, 5.41) is 7.17. The molecule has 28 heavy (non-hydrogen) atoms. The second-order valence-corrected chi connectivity index (χ2v) is 7.49. The van der Waals surface area contributed by atoms with Crippen LogP contribution in [0.25, 0.3) is 20.9 Å². The molecule has 0 N–H and O–H groups in total. The van der Waals surface area contributed by atoms with Crippen molar-refractivity contribution >= 4 is 17.2 Å². The number of carbonyl (C=O) groups is 1. The van der Waals surface area contributed by atoms with Gasteiger partial charge in [0.25, 0.3) is 0 Å². The van der Waals surface area contributed by atoms with E-state index in [0.29, 0.717) is 35.9 Å². The van der Waals surface area contributed by atoms with Gasteiger partial charge in [-0.3, -0.25) is 4.79 Å². The molecule has 1 saturated carbocycles. The van der Waals surface area contributed by atoms with Gasteiger partial charge in [-0.15, -0.1) is 0 Å². The molecule has 0 amide bonds. The number of hydrogen-bond donors (Lipinski definition) is 0. The topological polar surface area (TPSA) is 115 Å². The molecule has 0 radical (unpaired) electrons. The van der Waals surface area contributed by atoms with Crippen molar-refractivity contribution in [1.29, 1.82) is 0 Å². The Morgan fingerprint density at radius 3 is 1.57 bits per heavy atom. The lowest BCUT2D eigenvalue weighted by atomic mass is 9.71. The lowest BCUT2D eigenvalue weighted by molar-refractivity contribution is -0.130. The zero-order chi connectivity index (χ0) is 19.9. The van der Waals surface area contributed by atoms with Crippen LogP contribution < -0.4 is 0 Å². The van der Waals surface area contributed by atoms with E-state index in [-0.39, 0.29) is 11.8 Å². The average Bonchev–Trinajstić information content (AvgIpc) is 2.69. The van der Waals surface area contributed by atoms with Crippen molar-refractivity contribution < 1.29 is 4.79 Å². The van der Waals surface area contributed by atoms with Crippen molar-refractivity contribution in [3.8, 4) is 0 Å². The van der Waals surface area contributed by atoms with E-state index in [9.17, 15) is 4.79 Å². The highest BCUT2D eigenvalue weighted by molar-refractivity contribution is 5.84. The maximum absolute atomic E-state index is 13.1. The second-order valence-electron chi connectivity index (χ2n) is 7.49. The van der Waals surface area contributed by atoms with Crippen LogP contribution in [0.4, 0.5) is 11.4 Å². The number of Topliss-reactive ketones (excluding diaryl/α,β-unsaturated/α-hetero) is 1. The molecule has 1 aliphatic carbocycles. The van der Waals surface area contributed by atoms with Crippen LogP contribution >= 0.6 is 0 Å². The molecule has 142 valence electrons. The molecule has 0 aliphatic heterocycles. The Morgan fingerprint density at radius 1 is 0.821 bits per heavy atom. The number of nitrogens with zero attached hydrogens (tertiary/aromatic N) is 6. The van der Waals surface area contributed by atoms with E-state index in [1.807, 2.05) is 24.3 Å². The highest BCUT2D eigenvalue weighted by atomic mass is 16.1. The fourth-order valence-electron chi connectivity index (χ4n) is 4.07. The van der Waals surface area contributed by atoms with Crippen molar-refractivity contribution in [1.82, 2.24) is 0 Å². The largest absolute Gasteiger partial charge is 0.299 e. The molecule has 2 atom stereocenters. The van der Waals surface area contributed by atoms with E-state index in [4.69, 9.17) is 11.1 Å². The van der Waals surface area contributed by atoms with Crippen LogP contribution in [0.15, 0.2) is 58.8 Å². The molecule has 1 fully saturated rings. The van der Waals surface area contributed by atoms with Crippen LogP contribution in [0.5, 0.6) is 0 Å². The fraction of sp³-hybridized carbons (Fsp3) is 0.381. The summed E-state index contributed by atoms with van der Waals surface area (Å²) in [4.78, 5) is 18.7. The van der Waals surface area contributed by atoms with E-state index in [1.54, 1.807) is 24.3 Å². The number of ketones is 1. The number of hydrogen-bond acceptors (Lipinski definition) is 3. The molecule has 0 heterocycles. The number of carbonyl (C=O) groups excluding carboxylic acids is 1. The number of azide groups is 2. The monoisotopic (exact) mass is 374 g/mol. The van der Waals surface area contributed by atoms with Gasteiger partial charge in [-0.25, -0.2) is 0 Å². The Kier molecular flexibility index (Phi) is 6.33. The van der Waals surface area contributed by atoms with E-state index >= 15 is 0 Å². The maximum atomic E-state index is 13.1. The standard InChI is InChI=1S/C21H22N6O/c1-14-10-17(12-15-2-6-19(7-3-15)24-26-22)21(28)18(11-14)13-16-4-8-20(9-5-16)25-27-23/h2-9,14,17-18H,10-13H2,1H3. The van der Waals surface area contributed by atoms with Crippen LogP contribution in [0, 0.1) is 17.8 Å². The van der Waals surface area contributed by atoms with Crippen LogP contribution in [0.1, 0.15) is 30.9 Å². The average molecular weight is 374 g/mol. The summed E-state index contributed by atoms with van der Waals surface area (Å²) in [6, 6.07) is 14.9. The highest BCUT2D eigenvalue weighted by Gasteiger charge is 2.34. The van der Waals surface area contributed by atoms with Crippen LogP contribution in [-0.4, -0.2) is 5.78 Å². The molecule has 7 nitrogen and oxygen atoms in total. The lowest BCUT2D eigenvalue weighted by Crippen LogP contribution is -2.34. The predicted molar refractivity (Wildman–Crippen MR) is 108 cm³/mol. The SMILES string of the molecule is CC1CC(Cc2ccc(N=[N+]=[N-])cc2)C(=O)C(Cc2ccc(N=[N+]=[N-])cc2)C1. The third-order valence-electron chi connectivity index (χ3n) is 5.34. The normalized spacial score (nSPS) is 21.5. The van der Waals surface area contributed by atoms with Crippen LogP contribution in [-0.2, 0) is 17.6 Å². The summed E-state index contributed by atoms with van der Waals surface area (Å²) >= 11 is 0. The first-order valence-corrected chi connectivity index (χ1v) is 9.41. The first-order chi connectivity index (χ1) is 13.6. The second kappa shape index (κ2) is 9.09.